The molecule has 3 aromatic rings. The number of aromatic nitrogens is 1. The summed E-state index contributed by atoms with van der Waals surface area (Å²) in [5.74, 6) is 0.851. The highest BCUT2D eigenvalue weighted by Crippen LogP contribution is 2.25. The number of urea groups is 1. The van der Waals surface area contributed by atoms with Gasteiger partial charge in [-0.3, -0.25) is 4.79 Å². The number of rotatable bonds is 5. The lowest BCUT2D eigenvalue weighted by Gasteiger charge is -2.32. The number of carbonyl (C=O) groups is 2. The summed E-state index contributed by atoms with van der Waals surface area (Å²) in [6, 6.07) is 15.0. The summed E-state index contributed by atoms with van der Waals surface area (Å²) in [7, 11) is 1.58. The van der Waals surface area contributed by atoms with Gasteiger partial charge in [0, 0.05) is 19.6 Å². The third-order valence-corrected chi connectivity index (χ3v) is 6.32. The molecule has 0 spiro atoms. The quantitative estimate of drug-likeness (QED) is 0.649. The number of fused-ring (bicyclic) bond motifs is 1. The SMILES string of the molecule is COc1ccccc1NC(=O)N1CCC(CNC(=O)c2nc3ccccc3s2)CC1. The van der Waals surface area contributed by atoms with Crippen molar-refractivity contribution in [1.82, 2.24) is 15.2 Å². The highest BCUT2D eigenvalue weighted by molar-refractivity contribution is 7.20. The lowest BCUT2D eigenvalue weighted by Crippen LogP contribution is -2.43. The summed E-state index contributed by atoms with van der Waals surface area (Å²) in [4.78, 5) is 31.2. The van der Waals surface area contributed by atoms with Crippen molar-refractivity contribution in [3.05, 3.63) is 53.5 Å². The molecular formula is C22H24N4O3S. The fourth-order valence-corrected chi connectivity index (χ4v) is 4.45. The zero-order valence-electron chi connectivity index (χ0n) is 16.8. The van der Waals surface area contributed by atoms with E-state index in [0.717, 1.165) is 23.1 Å². The Kier molecular flexibility index (Phi) is 6.13. The summed E-state index contributed by atoms with van der Waals surface area (Å²) in [5.41, 5.74) is 1.51. The predicted molar refractivity (Wildman–Crippen MR) is 118 cm³/mol. The lowest BCUT2D eigenvalue weighted by atomic mass is 9.97. The molecule has 2 N–H and O–H groups in total. The number of carbonyl (C=O) groups excluding carboxylic acids is 2. The number of nitrogens with zero attached hydrogens (tertiary/aromatic N) is 2. The average molecular weight is 425 g/mol. The van der Waals surface area contributed by atoms with Gasteiger partial charge in [-0.05, 0) is 43.0 Å². The van der Waals surface area contributed by atoms with E-state index in [9.17, 15) is 9.59 Å². The fourth-order valence-electron chi connectivity index (χ4n) is 3.56. The van der Waals surface area contributed by atoms with E-state index >= 15 is 0 Å². The van der Waals surface area contributed by atoms with Gasteiger partial charge in [0.15, 0.2) is 5.01 Å². The van der Waals surface area contributed by atoms with Crippen molar-refractivity contribution in [2.45, 2.75) is 12.8 Å². The molecule has 7 nitrogen and oxygen atoms in total. The Morgan fingerprint density at radius 1 is 1.13 bits per heavy atom. The van der Waals surface area contributed by atoms with Crippen LogP contribution in [0.25, 0.3) is 10.2 Å². The molecule has 0 saturated carbocycles. The van der Waals surface area contributed by atoms with E-state index in [-0.39, 0.29) is 11.9 Å². The molecule has 0 aliphatic carbocycles. The van der Waals surface area contributed by atoms with E-state index in [1.54, 1.807) is 12.0 Å². The minimum Gasteiger partial charge on any atom is -0.495 e. The molecule has 0 unspecified atom stereocenters. The number of likely N-dealkylation sites (tertiary alicyclic amines) is 1. The number of hydrogen-bond donors (Lipinski definition) is 2. The Hall–Kier alpha value is -3.13. The predicted octanol–water partition coefficient (Wildman–Crippen LogP) is 3.98. The van der Waals surface area contributed by atoms with Crippen molar-refractivity contribution < 1.29 is 14.3 Å². The average Bonchev–Trinajstić information content (AvgIpc) is 3.22. The number of anilines is 1. The molecule has 0 bridgehead atoms. The highest BCUT2D eigenvalue weighted by atomic mass is 32.1. The highest BCUT2D eigenvalue weighted by Gasteiger charge is 2.24. The first-order chi connectivity index (χ1) is 14.6. The van der Waals surface area contributed by atoms with Crippen LogP contribution in [0.4, 0.5) is 10.5 Å². The van der Waals surface area contributed by atoms with Crippen molar-refractivity contribution in [1.29, 1.82) is 0 Å². The van der Waals surface area contributed by atoms with Crippen LogP contribution in [0.2, 0.25) is 0 Å². The van der Waals surface area contributed by atoms with Gasteiger partial charge in [-0.1, -0.05) is 24.3 Å². The van der Waals surface area contributed by atoms with Gasteiger partial charge in [0.25, 0.3) is 5.91 Å². The number of para-hydroxylation sites is 3. The van der Waals surface area contributed by atoms with Crippen LogP contribution in [0.1, 0.15) is 22.6 Å². The van der Waals surface area contributed by atoms with Gasteiger partial charge in [-0.15, -0.1) is 11.3 Å². The second kappa shape index (κ2) is 9.13. The van der Waals surface area contributed by atoms with Crippen molar-refractivity contribution in [2.75, 3.05) is 32.1 Å². The van der Waals surface area contributed by atoms with E-state index in [4.69, 9.17) is 4.74 Å². The zero-order valence-corrected chi connectivity index (χ0v) is 17.6. The molecule has 156 valence electrons. The topological polar surface area (TPSA) is 83.6 Å². The van der Waals surface area contributed by atoms with Crippen LogP contribution < -0.4 is 15.4 Å². The van der Waals surface area contributed by atoms with Crippen LogP contribution in [-0.4, -0.2) is 48.6 Å². The van der Waals surface area contributed by atoms with Crippen LogP contribution in [0.3, 0.4) is 0 Å². The zero-order chi connectivity index (χ0) is 20.9. The minimum atomic E-state index is -0.132. The van der Waals surface area contributed by atoms with Crippen LogP contribution >= 0.6 is 11.3 Å². The molecule has 1 saturated heterocycles. The van der Waals surface area contributed by atoms with Crippen LogP contribution in [0.5, 0.6) is 5.75 Å². The molecule has 4 rings (SSSR count). The molecule has 1 aromatic heterocycles. The standard InChI is InChI=1S/C22H24N4O3S/c1-29-18-8-4-2-6-16(18)25-22(28)26-12-10-15(11-13-26)14-23-20(27)21-24-17-7-3-5-9-19(17)30-21/h2-9,15H,10-14H2,1H3,(H,23,27)(H,25,28). The third kappa shape index (κ3) is 4.54. The Balaban J connectivity index is 1.25. The molecule has 1 fully saturated rings. The maximum Gasteiger partial charge on any atom is 0.321 e. The molecule has 3 amide bonds. The van der Waals surface area contributed by atoms with E-state index < -0.39 is 0 Å². The van der Waals surface area contributed by atoms with Crippen LogP contribution in [0, 0.1) is 5.92 Å². The Labute approximate surface area is 179 Å². The number of nitrogens with one attached hydrogen (secondary N) is 2. The Morgan fingerprint density at radius 2 is 1.87 bits per heavy atom. The van der Waals surface area contributed by atoms with E-state index in [0.29, 0.717) is 42.0 Å². The number of thiazole rings is 1. The minimum absolute atomic E-state index is 0.128. The van der Waals surface area contributed by atoms with E-state index in [1.165, 1.54) is 11.3 Å². The summed E-state index contributed by atoms with van der Waals surface area (Å²) in [6.45, 7) is 1.90. The molecule has 8 heteroatoms. The van der Waals surface area contributed by atoms with Gasteiger partial charge < -0.3 is 20.3 Å². The fraction of sp³-hybridized carbons (Fsp3) is 0.318. The monoisotopic (exact) mass is 424 g/mol. The van der Waals surface area contributed by atoms with Crippen molar-refractivity contribution in [2.24, 2.45) is 5.92 Å². The normalized spacial score (nSPS) is 14.5. The number of methoxy groups -OCH3 is 1. The van der Waals surface area contributed by atoms with E-state index in [2.05, 4.69) is 15.6 Å². The van der Waals surface area contributed by atoms with Crippen molar-refractivity contribution in [3.8, 4) is 5.75 Å². The summed E-state index contributed by atoms with van der Waals surface area (Å²) in [6.07, 6.45) is 1.69. The van der Waals surface area contributed by atoms with Crippen LogP contribution in [0.15, 0.2) is 48.5 Å². The number of hydrogen-bond acceptors (Lipinski definition) is 5. The number of benzene rings is 2. The second-order valence-electron chi connectivity index (χ2n) is 7.26. The van der Waals surface area contributed by atoms with Crippen molar-refractivity contribution >= 4 is 39.2 Å². The number of piperidine rings is 1. The maximum atomic E-state index is 12.6. The molecule has 30 heavy (non-hydrogen) atoms. The first kappa shape index (κ1) is 20.2. The molecular weight excluding hydrogens is 400 g/mol. The summed E-state index contributed by atoms with van der Waals surface area (Å²) >= 11 is 1.41. The van der Waals surface area contributed by atoms with E-state index in [1.807, 2.05) is 48.5 Å². The molecule has 1 aliphatic heterocycles. The molecule has 2 heterocycles. The van der Waals surface area contributed by atoms with Crippen LogP contribution in [-0.2, 0) is 0 Å². The first-order valence-electron chi connectivity index (χ1n) is 9.97. The second-order valence-corrected chi connectivity index (χ2v) is 8.29. The van der Waals surface area contributed by atoms with Gasteiger partial charge in [-0.2, -0.15) is 0 Å². The largest absolute Gasteiger partial charge is 0.495 e. The smallest absolute Gasteiger partial charge is 0.321 e. The maximum absolute atomic E-state index is 12.6. The van der Waals surface area contributed by atoms with Gasteiger partial charge in [0.1, 0.15) is 5.75 Å². The first-order valence-corrected chi connectivity index (χ1v) is 10.8. The van der Waals surface area contributed by atoms with Crippen molar-refractivity contribution in [3.63, 3.8) is 0 Å². The summed E-state index contributed by atoms with van der Waals surface area (Å²) < 4.78 is 6.29. The van der Waals surface area contributed by atoms with Gasteiger partial charge in [0.05, 0.1) is 23.0 Å². The third-order valence-electron chi connectivity index (χ3n) is 5.29. The molecule has 1 aliphatic rings. The van der Waals surface area contributed by atoms with Gasteiger partial charge in [0.2, 0.25) is 0 Å². The number of ether oxygens (including phenoxy) is 1. The molecule has 0 radical (unpaired) electrons. The Bertz CT molecular complexity index is 1010. The van der Waals surface area contributed by atoms with Gasteiger partial charge in [-0.25, -0.2) is 9.78 Å². The van der Waals surface area contributed by atoms with Gasteiger partial charge >= 0.3 is 6.03 Å². The molecule has 2 aromatic carbocycles. The summed E-state index contributed by atoms with van der Waals surface area (Å²) in [5, 5.41) is 6.41. The Morgan fingerprint density at radius 3 is 2.63 bits per heavy atom. The lowest BCUT2D eigenvalue weighted by molar-refractivity contribution is 0.0938. The molecule has 0 atom stereocenters. The number of amides is 3.